The van der Waals surface area contributed by atoms with Crippen LogP contribution in [0.1, 0.15) is 27.2 Å². The van der Waals surface area contributed by atoms with Crippen molar-refractivity contribution < 1.29 is 14.6 Å². The Morgan fingerprint density at radius 3 is 2.72 bits per heavy atom. The molecule has 1 aliphatic heterocycles. The van der Waals surface area contributed by atoms with Crippen molar-refractivity contribution in [1.82, 2.24) is 10.6 Å². The minimum absolute atomic E-state index is 0.0448. The normalized spacial score (nSPS) is 38.2. The Labute approximate surface area is 108 Å². The number of amides is 1. The molecule has 4 atom stereocenters. The minimum Gasteiger partial charge on any atom is -0.392 e. The molecule has 1 aliphatic carbocycles. The molecular formula is C13H24N2O3. The van der Waals surface area contributed by atoms with Gasteiger partial charge in [-0.15, -0.1) is 0 Å². The molecule has 5 nitrogen and oxygen atoms in total. The fraction of sp³-hybridized carbons (Fsp3) is 0.923. The van der Waals surface area contributed by atoms with Crippen LogP contribution < -0.4 is 10.6 Å². The third kappa shape index (κ3) is 2.39. The number of carbonyl (C=O) groups is 1. The van der Waals surface area contributed by atoms with E-state index in [-0.39, 0.29) is 35.4 Å². The minimum atomic E-state index is -0.313. The van der Waals surface area contributed by atoms with Crippen LogP contribution in [0, 0.1) is 11.3 Å². The van der Waals surface area contributed by atoms with Crippen LogP contribution >= 0.6 is 0 Å². The van der Waals surface area contributed by atoms with E-state index in [1.807, 2.05) is 20.8 Å². The van der Waals surface area contributed by atoms with Crippen molar-refractivity contribution in [3.05, 3.63) is 0 Å². The highest BCUT2D eigenvalue weighted by Gasteiger charge is 2.49. The number of rotatable bonds is 4. The van der Waals surface area contributed by atoms with Crippen molar-refractivity contribution in [3.8, 4) is 0 Å². The molecular weight excluding hydrogens is 232 g/mol. The van der Waals surface area contributed by atoms with Gasteiger partial charge in [0.1, 0.15) is 0 Å². The molecule has 1 saturated carbocycles. The molecule has 1 saturated heterocycles. The molecule has 3 N–H and O–H groups in total. The van der Waals surface area contributed by atoms with E-state index >= 15 is 0 Å². The second-order valence-corrected chi connectivity index (χ2v) is 5.94. The molecule has 1 amide bonds. The highest BCUT2D eigenvalue weighted by atomic mass is 16.5. The number of carbonyl (C=O) groups excluding carboxylic acids is 1. The fourth-order valence-electron chi connectivity index (χ4n) is 2.70. The number of hydrogen-bond donors (Lipinski definition) is 3. The molecule has 2 rings (SSSR count). The molecule has 0 aromatic rings. The van der Waals surface area contributed by atoms with Gasteiger partial charge < -0.3 is 20.5 Å². The van der Waals surface area contributed by atoms with Gasteiger partial charge in [0.05, 0.1) is 25.2 Å². The van der Waals surface area contributed by atoms with Crippen LogP contribution in [0.25, 0.3) is 0 Å². The smallest absolute Gasteiger partial charge is 0.227 e. The molecule has 0 bridgehead atoms. The number of hydrogen-bond acceptors (Lipinski definition) is 4. The maximum atomic E-state index is 12.2. The summed E-state index contributed by atoms with van der Waals surface area (Å²) >= 11 is 0. The monoisotopic (exact) mass is 256 g/mol. The van der Waals surface area contributed by atoms with Crippen LogP contribution in [-0.2, 0) is 9.53 Å². The first-order chi connectivity index (χ1) is 8.46. The summed E-state index contributed by atoms with van der Waals surface area (Å²) in [5.41, 5.74) is -0.219. The lowest BCUT2D eigenvalue weighted by molar-refractivity contribution is -0.133. The van der Waals surface area contributed by atoms with E-state index in [4.69, 9.17) is 4.74 Å². The van der Waals surface area contributed by atoms with E-state index in [0.29, 0.717) is 19.6 Å². The molecule has 1 heterocycles. The van der Waals surface area contributed by atoms with Crippen LogP contribution in [0.3, 0.4) is 0 Å². The third-order valence-corrected chi connectivity index (χ3v) is 4.42. The Balaban J connectivity index is 1.88. The first-order valence-electron chi connectivity index (χ1n) is 6.76. The summed E-state index contributed by atoms with van der Waals surface area (Å²) in [5, 5.41) is 16.0. The van der Waals surface area contributed by atoms with Gasteiger partial charge in [-0.25, -0.2) is 0 Å². The molecule has 2 aliphatic rings. The molecule has 2 fully saturated rings. The largest absolute Gasteiger partial charge is 0.392 e. The first kappa shape index (κ1) is 13.8. The van der Waals surface area contributed by atoms with Gasteiger partial charge in [0.25, 0.3) is 0 Å². The van der Waals surface area contributed by atoms with E-state index in [0.717, 1.165) is 6.54 Å². The Hall–Kier alpha value is -0.650. The van der Waals surface area contributed by atoms with Gasteiger partial charge in [-0.1, -0.05) is 20.8 Å². The summed E-state index contributed by atoms with van der Waals surface area (Å²) in [4.78, 5) is 12.2. The van der Waals surface area contributed by atoms with E-state index < -0.39 is 0 Å². The molecule has 0 aromatic heterocycles. The Morgan fingerprint density at radius 2 is 2.17 bits per heavy atom. The van der Waals surface area contributed by atoms with Gasteiger partial charge >= 0.3 is 0 Å². The second-order valence-electron chi connectivity index (χ2n) is 5.94. The van der Waals surface area contributed by atoms with Crippen LogP contribution in [0.2, 0.25) is 0 Å². The quantitative estimate of drug-likeness (QED) is 0.656. The summed E-state index contributed by atoms with van der Waals surface area (Å²) in [6.07, 6.45) is 0.338. The van der Waals surface area contributed by atoms with Crippen molar-refractivity contribution in [2.24, 2.45) is 11.3 Å². The molecule has 5 heteroatoms. The van der Waals surface area contributed by atoms with Crippen LogP contribution in [0.5, 0.6) is 0 Å². The summed E-state index contributed by atoms with van der Waals surface area (Å²) in [6.45, 7) is 7.92. The van der Waals surface area contributed by atoms with Gasteiger partial charge in [0.2, 0.25) is 5.91 Å². The average Bonchev–Trinajstić information content (AvgIpc) is 2.77. The first-order valence-corrected chi connectivity index (χ1v) is 6.76. The Morgan fingerprint density at radius 1 is 1.44 bits per heavy atom. The topological polar surface area (TPSA) is 70.6 Å². The van der Waals surface area contributed by atoms with Crippen molar-refractivity contribution >= 4 is 5.91 Å². The number of aliphatic hydroxyl groups is 1. The molecule has 18 heavy (non-hydrogen) atoms. The SMILES string of the molecule is CCNC1COCC1C(=O)NC1CC(O)C1(C)C. The van der Waals surface area contributed by atoms with Crippen LogP contribution in [0.15, 0.2) is 0 Å². The van der Waals surface area contributed by atoms with Crippen molar-refractivity contribution in [2.75, 3.05) is 19.8 Å². The van der Waals surface area contributed by atoms with Gasteiger partial charge in [0.15, 0.2) is 0 Å². The lowest BCUT2D eigenvalue weighted by Crippen LogP contribution is -2.62. The van der Waals surface area contributed by atoms with Gasteiger partial charge in [-0.3, -0.25) is 4.79 Å². The Bertz CT molecular complexity index is 319. The molecule has 0 aromatic carbocycles. The number of aliphatic hydroxyl groups excluding tert-OH is 1. The summed E-state index contributed by atoms with van der Waals surface area (Å²) in [6, 6.07) is 0.186. The molecule has 0 spiro atoms. The number of nitrogens with one attached hydrogen (secondary N) is 2. The zero-order valence-electron chi connectivity index (χ0n) is 11.4. The van der Waals surface area contributed by atoms with Crippen LogP contribution in [-0.4, -0.2) is 49.0 Å². The molecule has 0 radical (unpaired) electrons. The van der Waals surface area contributed by atoms with Gasteiger partial charge in [0, 0.05) is 17.5 Å². The summed E-state index contributed by atoms with van der Waals surface area (Å²) in [5.74, 6) is -0.0677. The van der Waals surface area contributed by atoms with Crippen molar-refractivity contribution in [2.45, 2.75) is 45.4 Å². The third-order valence-electron chi connectivity index (χ3n) is 4.42. The Kier molecular flexibility index (Phi) is 3.94. The summed E-state index contributed by atoms with van der Waals surface area (Å²) in [7, 11) is 0. The number of likely N-dealkylation sites (N-methyl/N-ethyl adjacent to an activating group) is 1. The van der Waals surface area contributed by atoms with E-state index in [2.05, 4.69) is 10.6 Å². The van der Waals surface area contributed by atoms with Crippen LogP contribution in [0.4, 0.5) is 0 Å². The maximum absolute atomic E-state index is 12.2. The maximum Gasteiger partial charge on any atom is 0.227 e. The van der Waals surface area contributed by atoms with Gasteiger partial charge in [-0.2, -0.15) is 0 Å². The van der Waals surface area contributed by atoms with Gasteiger partial charge in [-0.05, 0) is 13.0 Å². The average molecular weight is 256 g/mol. The van der Waals surface area contributed by atoms with E-state index in [9.17, 15) is 9.90 Å². The highest BCUT2D eigenvalue weighted by molar-refractivity contribution is 5.80. The second kappa shape index (κ2) is 5.15. The zero-order chi connectivity index (χ0) is 13.3. The lowest BCUT2D eigenvalue weighted by Gasteiger charge is -2.49. The summed E-state index contributed by atoms with van der Waals surface area (Å²) < 4.78 is 5.38. The van der Waals surface area contributed by atoms with E-state index in [1.165, 1.54) is 0 Å². The number of ether oxygens (including phenoxy) is 1. The zero-order valence-corrected chi connectivity index (χ0v) is 11.4. The predicted octanol–water partition coefficient (Wildman–Crippen LogP) is -0.113. The molecule has 4 unspecified atom stereocenters. The molecule has 104 valence electrons. The van der Waals surface area contributed by atoms with Crippen molar-refractivity contribution in [1.29, 1.82) is 0 Å². The lowest BCUT2D eigenvalue weighted by atomic mass is 9.64. The fourth-order valence-corrected chi connectivity index (χ4v) is 2.70. The highest BCUT2D eigenvalue weighted by Crippen LogP contribution is 2.40. The standard InChI is InChI=1S/C13H24N2O3/c1-4-14-9-7-18-6-8(9)12(17)15-10-5-11(16)13(10,2)3/h8-11,14,16H,4-7H2,1-3H3,(H,15,17). The van der Waals surface area contributed by atoms with E-state index in [1.54, 1.807) is 0 Å². The predicted molar refractivity (Wildman–Crippen MR) is 68.1 cm³/mol. The van der Waals surface area contributed by atoms with Crippen molar-refractivity contribution in [3.63, 3.8) is 0 Å².